The maximum atomic E-state index is 13.0. The number of urea groups is 1. The number of hydrogen-bond donors (Lipinski definition) is 1. The van der Waals surface area contributed by atoms with E-state index in [1.165, 1.54) is 0 Å². The van der Waals surface area contributed by atoms with Crippen LogP contribution in [0.25, 0.3) is 0 Å². The molecular weight excluding hydrogens is 306 g/mol. The zero-order valence-electron chi connectivity index (χ0n) is 14.6. The van der Waals surface area contributed by atoms with Crippen molar-refractivity contribution in [3.05, 3.63) is 17.5 Å². The van der Waals surface area contributed by atoms with Gasteiger partial charge in [0.15, 0.2) is 0 Å². The second kappa shape index (κ2) is 6.83. The lowest BCUT2D eigenvalue weighted by Crippen LogP contribution is -2.49. The molecule has 2 atom stereocenters. The maximum Gasteiger partial charge on any atom is 0.314 e. The zero-order valence-corrected chi connectivity index (χ0v) is 14.6. The molecule has 1 aromatic heterocycles. The first kappa shape index (κ1) is 16.8. The molecule has 132 valence electrons. The Morgan fingerprint density at radius 3 is 2.67 bits per heavy atom. The highest BCUT2D eigenvalue weighted by Crippen LogP contribution is 2.25. The molecule has 2 aliphatic heterocycles. The minimum Gasteiger partial charge on any atom is -0.351 e. The number of likely N-dealkylation sites (tertiary alicyclic amines) is 2. The Kier molecular flexibility index (Phi) is 4.78. The number of carbonyl (C=O) groups is 2. The molecule has 2 saturated heterocycles. The van der Waals surface area contributed by atoms with Crippen molar-refractivity contribution in [3.8, 4) is 0 Å². The van der Waals surface area contributed by atoms with E-state index in [1.807, 2.05) is 23.4 Å². The van der Waals surface area contributed by atoms with E-state index < -0.39 is 6.03 Å². The van der Waals surface area contributed by atoms with Gasteiger partial charge < -0.3 is 15.5 Å². The molecular formula is C17H27N5O2. The van der Waals surface area contributed by atoms with Gasteiger partial charge in [0, 0.05) is 25.3 Å². The molecule has 0 radical (unpaired) electrons. The highest BCUT2D eigenvalue weighted by atomic mass is 16.2. The largest absolute Gasteiger partial charge is 0.351 e. The summed E-state index contributed by atoms with van der Waals surface area (Å²) < 4.78 is 2.00. The number of aromatic nitrogens is 2. The van der Waals surface area contributed by atoms with Crippen molar-refractivity contribution < 1.29 is 9.59 Å². The van der Waals surface area contributed by atoms with Crippen LogP contribution in [0.4, 0.5) is 4.79 Å². The van der Waals surface area contributed by atoms with Crippen LogP contribution < -0.4 is 5.73 Å². The Morgan fingerprint density at radius 1 is 1.25 bits per heavy atom. The summed E-state index contributed by atoms with van der Waals surface area (Å²) in [6, 6.07) is 1.83. The van der Waals surface area contributed by atoms with Gasteiger partial charge in [-0.15, -0.1) is 0 Å². The van der Waals surface area contributed by atoms with Crippen LogP contribution in [-0.4, -0.2) is 57.2 Å². The average Bonchev–Trinajstić information content (AvgIpc) is 3.13. The summed E-state index contributed by atoms with van der Waals surface area (Å²) in [5, 5.41) is 4.52. The van der Waals surface area contributed by atoms with Gasteiger partial charge >= 0.3 is 6.03 Å². The van der Waals surface area contributed by atoms with Crippen LogP contribution in [0.15, 0.2) is 6.07 Å². The van der Waals surface area contributed by atoms with Crippen LogP contribution in [0.3, 0.4) is 0 Å². The third-order valence-corrected chi connectivity index (χ3v) is 5.23. The van der Waals surface area contributed by atoms with Crippen molar-refractivity contribution in [2.45, 2.75) is 52.1 Å². The van der Waals surface area contributed by atoms with E-state index in [1.54, 1.807) is 4.90 Å². The van der Waals surface area contributed by atoms with Gasteiger partial charge in [0.05, 0.1) is 24.2 Å². The van der Waals surface area contributed by atoms with Gasteiger partial charge in [-0.1, -0.05) is 0 Å². The summed E-state index contributed by atoms with van der Waals surface area (Å²) in [7, 11) is 0. The van der Waals surface area contributed by atoms with Crippen molar-refractivity contribution in [3.63, 3.8) is 0 Å². The molecule has 0 spiro atoms. The molecule has 0 aromatic carbocycles. The van der Waals surface area contributed by atoms with E-state index in [2.05, 4.69) is 11.2 Å². The smallest absolute Gasteiger partial charge is 0.314 e. The normalized spacial score (nSPS) is 24.4. The molecule has 1 aromatic rings. The predicted octanol–water partition coefficient (Wildman–Crippen LogP) is 1.28. The van der Waals surface area contributed by atoms with E-state index in [4.69, 9.17) is 5.73 Å². The van der Waals surface area contributed by atoms with Crippen molar-refractivity contribution in [1.82, 2.24) is 19.6 Å². The topological polar surface area (TPSA) is 84.5 Å². The van der Waals surface area contributed by atoms with E-state index in [0.717, 1.165) is 50.2 Å². The second-order valence-corrected chi connectivity index (χ2v) is 7.06. The Morgan fingerprint density at radius 2 is 2.00 bits per heavy atom. The summed E-state index contributed by atoms with van der Waals surface area (Å²) in [4.78, 5) is 28.0. The number of rotatable bonds is 3. The Hall–Kier alpha value is -2.05. The summed E-state index contributed by atoms with van der Waals surface area (Å²) in [6.45, 7) is 6.70. The first-order valence-electron chi connectivity index (χ1n) is 8.81. The lowest BCUT2D eigenvalue weighted by molar-refractivity contribution is -0.138. The molecule has 3 rings (SSSR count). The van der Waals surface area contributed by atoms with Crippen molar-refractivity contribution in [2.24, 2.45) is 11.7 Å². The molecule has 2 fully saturated rings. The van der Waals surface area contributed by atoms with E-state index in [9.17, 15) is 9.59 Å². The molecule has 0 bridgehead atoms. The number of amides is 3. The standard InChI is InChI=1S/C17H27N5O2/c1-12-9-13(2)22(19-12)11-15-6-4-8-21(15)16(23)14-5-3-7-20(10-14)17(18)24/h9,14-15H,3-8,10-11H2,1-2H3,(H2,18,24)/t14-,15-/m1/s1. The van der Waals surface area contributed by atoms with Crippen LogP contribution in [-0.2, 0) is 11.3 Å². The summed E-state index contributed by atoms with van der Waals surface area (Å²) in [6.07, 6.45) is 3.72. The number of carbonyl (C=O) groups excluding carboxylic acids is 2. The van der Waals surface area contributed by atoms with Crippen LogP contribution >= 0.6 is 0 Å². The van der Waals surface area contributed by atoms with Crippen molar-refractivity contribution in [1.29, 1.82) is 0 Å². The second-order valence-electron chi connectivity index (χ2n) is 7.06. The average molecular weight is 333 g/mol. The lowest BCUT2D eigenvalue weighted by Gasteiger charge is -2.35. The lowest BCUT2D eigenvalue weighted by atomic mass is 9.96. The van der Waals surface area contributed by atoms with Gasteiger partial charge in [0.1, 0.15) is 0 Å². The fourth-order valence-electron chi connectivity index (χ4n) is 3.99. The van der Waals surface area contributed by atoms with Crippen LogP contribution in [0.5, 0.6) is 0 Å². The number of piperidine rings is 1. The summed E-state index contributed by atoms with van der Waals surface area (Å²) in [5.41, 5.74) is 7.52. The fraction of sp³-hybridized carbons (Fsp3) is 0.706. The Balaban J connectivity index is 1.67. The highest BCUT2D eigenvalue weighted by molar-refractivity contribution is 5.81. The first-order chi connectivity index (χ1) is 11.5. The number of hydrogen-bond acceptors (Lipinski definition) is 3. The zero-order chi connectivity index (χ0) is 17.3. The van der Waals surface area contributed by atoms with Gasteiger partial charge in [0.25, 0.3) is 0 Å². The molecule has 2 N–H and O–H groups in total. The van der Waals surface area contributed by atoms with Crippen molar-refractivity contribution in [2.75, 3.05) is 19.6 Å². The van der Waals surface area contributed by atoms with Gasteiger partial charge in [-0.25, -0.2) is 4.79 Å². The predicted molar refractivity (Wildman–Crippen MR) is 90.3 cm³/mol. The minimum atomic E-state index is -0.423. The Labute approximate surface area is 142 Å². The molecule has 7 nitrogen and oxygen atoms in total. The number of nitrogens with zero attached hydrogens (tertiary/aromatic N) is 4. The molecule has 0 aliphatic carbocycles. The van der Waals surface area contributed by atoms with Crippen LogP contribution in [0.2, 0.25) is 0 Å². The van der Waals surface area contributed by atoms with Crippen LogP contribution in [0.1, 0.15) is 37.1 Å². The van der Waals surface area contributed by atoms with Gasteiger partial charge in [0.2, 0.25) is 5.91 Å². The minimum absolute atomic E-state index is 0.118. The highest BCUT2D eigenvalue weighted by Gasteiger charge is 2.36. The quantitative estimate of drug-likeness (QED) is 0.904. The number of aryl methyl sites for hydroxylation is 2. The fourth-order valence-corrected chi connectivity index (χ4v) is 3.99. The third-order valence-electron chi connectivity index (χ3n) is 5.23. The van der Waals surface area contributed by atoms with Crippen LogP contribution in [0, 0.1) is 19.8 Å². The van der Waals surface area contributed by atoms with Gasteiger partial charge in [-0.2, -0.15) is 5.10 Å². The molecule has 24 heavy (non-hydrogen) atoms. The summed E-state index contributed by atoms with van der Waals surface area (Å²) >= 11 is 0. The molecule has 3 amide bonds. The molecule has 7 heteroatoms. The maximum absolute atomic E-state index is 13.0. The Bertz CT molecular complexity index is 626. The first-order valence-corrected chi connectivity index (χ1v) is 8.81. The monoisotopic (exact) mass is 333 g/mol. The van der Waals surface area contributed by atoms with E-state index in [-0.39, 0.29) is 17.9 Å². The number of nitrogens with two attached hydrogens (primary N) is 1. The molecule has 0 saturated carbocycles. The van der Waals surface area contributed by atoms with Crippen molar-refractivity contribution >= 4 is 11.9 Å². The van der Waals surface area contributed by atoms with E-state index in [0.29, 0.717) is 13.1 Å². The van der Waals surface area contributed by atoms with Gasteiger partial charge in [-0.05, 0) is 45.6 Å². The molecule has 3 heterocycles. The SMILES string of the molecule is Cc1cc(C)n(C[C@H]2CCCN2C(=O)[C@@H]2CCCN(C(N)=O)C2)n1. The van der Waals surface area contributed by atoms with E-state index >= 15 is 0 Å². The molecule has 0 unspecified atom stereocenters. The molecule has 2 aliphatic rings. The third kappa shape index (κ3) is 3.39. The van der Waals surface area contributed by atoms with Gasteiger partial charge in [-0.3, -0.25) is 9.48 Å². The summed E-state index contributed by atoms with van der Waals surface area (Å²) in [5.74, 6) is 0.0530. The number of primary amides is 1.